The molecule has 2 unspecified atom stereocenters. The third kappa shape index (κ3) is 2.71. The number of rotatable bonds is 5. The highest BCUT2D eigenvalue weighted by Crippen LogP contribution is 2.38. The average Bonchev–Trinajstić information content (AvgIpc) is 2.86. The number of hydrogen-bond acceptors (Lipinski definition) is 3. The first-order valence-corrected chi connectivity index (χ1v) is 5.48. The molecular formula is C11H21NO2. The van der Waals surface area contributed by atoms with Crippen LogP contribution in [0.2, 0.25) is 0 Å². The Bertz CT molecular complexity index is 209. The van der Waals surface area contributed by atoms with Gasteiger partial charge < -0.3 is 10.5 Å². The molecular weight excluding hydrogens is 178 g/mol. The van der Waals surface area contributed by atoms with Crippen LogP contribution in [0.5, 0.6) is 0 Å². The van der Waals surface area contributed by atoms with Gasteiger partial charge in [0.05, 0.1) is 6.10 Å². The second-order valence-electron chi connectivity index (χ2n) is 4.56. The lowest BCUT2D eigenvalue weighted by atomic mass is 9.98. The summed E-state index contributed by atoms with van der Waals surface area (Å²) < 4.78 is 5.29. The maximum atomic E-state index is 11.7. The van der Waals surface area contributed by atoms with Gasteiger partial charge in [0, 0.05) is 0 Å². The third-order valence-corrected chi connectivity index (χ3v) is 2.87. The van der Waals surface area contributed by atoms with Gasteiger partial charge in [-0.2, -0.15) is 0 Å². The van der Waals surface area contributed by atoms with E-state index in [9.17, 15) is 4.79 Å². The number of hydrogen-bond donors (Lipinski definition) is 1. The van der Waals surface area contributed by atoms with Crippen molar-refractivity contribution in [3.8, 4) is 0 Å². The van der Waals surface area contributed by atoms with Crippen molar-refractivity contribution in [2.24, 2.45) is 11.7 Å². The molecule has 3 nitrogen and oxygen atoms in total. The van der Waals surface area contributed by atoms with E-state index < -0.39 is 5.54 Å². The minimum atomic E-state index is -0.762. The molecule has 0 aromatic carbocycles. The van der Waals surface area contributed by atoms with Gasteiger partial charge in [-0.25, -0.2) is 0 Å². The van der Waals surface area contributed by atoms with E-state index in [1.54, 1.807) is 6.92 Å². The molecule has 2 N–H and O–H groups in total. The van der Waals surface area contributed by atoms with Crippen LogP contribution in [-0.4, -0.2) is 17.6 Å². The van der Waals surface area contributed by atoms with Crippen molar-refractivity contribution in [2.75, 3.05) is 0 Å². The molecule has 0 bridgehead atoms. The molecule has 3 heteroatoms. The second kappa shape index (κ2) is 4.30. The van der Waals surface area contributed by atoms with Crippen molar-refractivity contribution in [2.45, 2.75) is 58.1 Å². The van der Waals surface area contributed by atoms with Crippen molar-refractivity contribution >= 4 is 5.97 Å². The molecule has 2 atom stereocenters. The fourth-order valence-electron chi connectivity index (χ4n) is 1.62. The van der Waals surface area contributed by atoms with E-state index in [0.29, 0.717) is 5.92 Å². The molecule has 0 amide bonds. The average molecular weight is 199 g/mol. The second-order valence-corrected chi connectivity index (χ2v) is 4.56. The van der Waals surface area contributed by atoms with Crippen LogP contribution in [0.15, 0.2) is 0 Å². The standard InChI is InChI=1S/C11H21NO2/c1-4-5-8(2)14-10(13)11(3,12)9-6-7-9/h8-9H,4-7,12H2,1-3H3. The molecule has 1 rings (SSSR count). The summed E-state index contributed by atoms with van der Waals surface area (Å²) in [6.07, 6.45) is 4.05. The number of carbonyl (C=O) groups excluding carboxylic acids is 1. The fraction of sp³-hybridized carbons (Fsp3) is 0.909. The minimum Gasteiger partial charge on any atom is -0.461 e. The van der Waals surface area contributed by atoms with Gasteiger partial charge in [-0.3, -0.25) is 4.79 Å². The fourth-order valence-corrected chi connectivity index (χ4v) is 1.62. The number of esters is 1. The van der Waals surface area contributed by atoms with Crippen LogP contribution < -0.4 is 5.73 Å². The Hall–Kier alpha value is -0.570. The predicted molar refractivity (Wildman–Crippen MR) is 55.8 cm³/mol. The van der Waals surface area contributed by atoms with Gasteiger partial charge in [-0.15, -0.1) is 0 Å². The largest absolute Gasteiger partial charge is 0.461 e. The molecule has 0 heterocycles. The van der Waals surface area contributed by atoms with Crippen LogP contribution in [0.4, 0.5) is 0 Å². The number of carbonyl (C=O) groups is 1. The quantitative estimate of drug-likeness (QED) is 0.687. The van der Waals surface area contributed by atoms with E-state index in [4.69, 9.17) is 10.5 Å². The van der Waals surface area contributed by atoms with Gasteiger partial charge in [0.15, 0.2) is 0 Å². The summed E-state index contributed by atoms with van der Waals surface area (Å²) in [5, 5.41) is 0. The molecule has 1 saturated carbocycles. The van der Waals surface area contributed by atoms with Crippen LogP contribution >= 0.6 is 0 Å². The zero-order chi connectivity index (χ0) is 10.8. The molecule has 0 saturated heterocycles. The topological polar surface area (TPSA) is 52.3 Å². The first kappa shape index (κ1) is 11.5. The first-order chi connectivity index (χ1) is 6.48. The van der Waals surface area contributed by atoms with Gasteiger partial charge in [-0.1, -0.05) is 13.3 Å². The Labute approximate surface area is 86.0 Å². The van der Waals surface area contributed by atoms with E-state index in [0.717, 1.165) is 25.7 Å². The normalized spacial score (nSPS) is 22.6. The molecule has 0 aliphatic heterocycles. The molecule has 0 aromatic rings. The van der Waals surface area contributed by atoms with Crippen LogP contribution in [0.25, 0.3) is 0 Å². The lowest BCUT2D eigenvalue weighted by Crippen LogP contribution is -2.49. The Kier molecular flexibility index (Phi) is 3.53. The molecule has 1 fully saturated rings. The highest BCUT2D eigenvalue weighted by molar-refractivity contribution is 5.81. The lowest BCUT2D eigenvalue weighted by Gasteiger charge is -2.24. The summed E-state index contributed by atoms with van der Waals surface area (Å²) in [5.74, 6) is 0.102. The van der Waals surface area contributed by atoms with Crippen molar-refractivity contribution in [3.05, 3.63) is 0 Å². The van der Waals surface area contributed by atoms with Crippen LogP contribution in [0, 0.1) is 5.92 Å². The van der Waals surface area contributed by atoms with Gasteiger partial charge in [0.1, 0.15) is 5.54 Å². The molecule has 1 aliphatic carbocycles. The first-order valence-electron chi connectivity index (χ1n) is 5.48. The molecule has 1 aliphatic rings. The lowest BCUT2D eigenvalue weighted by molar-refractivity contribution is -0.155. The van der Waals surface area contributed by atoms with Gasteiger partial charge in [0.2, 0.25) is 0 Å². The van der Waals surface area contributed by atoms with Crippen molar-refractivity contribution in [1.82, 2.24) is 0 Å². The van der Waals surface area contributed by atoms with Gasteiger partial charge in [0.25, 0.3) is 0 Å². The van der Waals surface area contributed by atoms with Crippen molar-refractivity contribution in [1.29, 1.82) is 0 Å². The van der Waals surface area contributed by atoms with Gasteiger partial charge in [-0.05, 0) is 39.0 Å². The SMILES string of the molecule is CCCC(C)OC(=O)C(C)(N)C1CC1. The predicted octanol–water partition coefficient (Wildman–Crippen LogP) is 1.85. The monoisotopic (exact) mass is 199 g/mol. The zero-order valence-electron chi connectivity index (χ0n) is 9.38. The van der Waals surface area contributed by atoms with Crippen LogP contribution in [0.3, 0.4) is 0 Å². The summed E-state index contributed by atoms with van der Waals surface area (Å²) in [5.41, 5.74) is 5.17. The molecule has 0 aromatic heterocycles. The summed E-state index contributed by atoms with van der Waals surface area (Å²) in [4.78, 5) is 11.7. The highest BCUT2D eigenvalue weighted by Gasteiger charge is 2.45. The van der Waals surface area contributed by atoms with E-state index in [1.807, 2.05) is 6.92 Å². The molecule has 14 heavy (non-hydrogen) atoms. The molecule has 82 valence electrons. The Morgan fingerprint density at radius 3 is 2.64 bits per heavy atom. The number of nitrogens with two attached hydrogens (primary N) is 1. The van der Waals surface area contributed by atoms with Gasteiger partial charge >= 0.3 is 5.97 Å². The summed E-state index contributed by atoms with van der Waals surface area (Å²) in [7, 11) is 0. The minimum absolute atomic E-state index is 0.00544. The molecule has 0 spiro atoms. The van der Waals surface area contributed by atoms with Crippen LogP contribution in [-0.2, 0) is 9.53 Å². The van der Waals surface area contributed by atoms with E-state index in [1.165, 1.54) is 0 Å². The van der Waals surface area contributed by atoms with Crippen molar-refractivity contribution in [3.63, 3.8) is 0 Å². The summed E-state index contributed by atoms with van der Waals surface area (Å²) >= 11 is 0. The maximum Gasteiger partial charge on any atom is 0.326 e. The van der Waals surface area contributed by atoms with E-state index in [2.05, 4.69) is 6.92 Å². The smallest absolute Gasteiger partial charge is 0.326 e. The molecule has 0 radical (unpaired) electrons. The Morgan fingerprint density at radius 1 is 1.64 bits per heavy atom. The Morgan fingerprint density at radius 2 is 2.21 bits per heavy atom. The summed E-state index contributed by atoms with van der Waals surface area (Å²) in [6.45, 7) is 5.78. The Balaban J connectivity index is 2.40. The van der Waals surface area contributed by atoms with Crippen LogP contribution in [0.1, 0.15) is 46.5 Å². The van der Waals surface area contributed by atoms with E-state index >= 15 is 0 Å². The number of ether oxygens (including phenoxy) is 1. The highest BCUT2D eigenvalue weighted by atomic mass is 16.5. The zero-order valence-corrected chi connectivity index (χ0v) is 9.38. The third-order valence-electron chi connectivity index (χ3n) is 2.87. The van der Waals surface area contributed by atoms with E-state index in [-0.39, 0.29) is 12.1 Å². The maximum absolute atomic E-state index is 11.7. The summed E-state index contributed by atoms with van der Waals surface area (Å²) in [6, 6.07) is 0. The van der Waals surface area contributed by atoms with Crippen molar-refractivity contribution < 1.29 is 9.53 Å².